The molecule has 3 aromatic carbocycles. The Kier molecular flexibility index (Phi) is 5.76. The molecule has 0 aliphatic heterocycles. The maximum atomic E-state index is 11.9. The van der Waals surface area contributed by atoms with Gasteiger partial charge in [0.25, 0.3) is 0 Å². The van der Waals surface area contributed by atoms with E-state index in [2.05, 4.69) is 67.6 Å². The summed E-state index contributed by atoms with van der Waals surface area (Å²) in [6.07, 6.45) is 4.10. The highest BCUT2D eigenvalue weighted by molar-refractivity contribution is 6.80. The van der Waals surface area contributed by atoms with Gasteiger partial charge in [-0.1, -0.05) is 105 Å². The molecule has 28 heavy (non-hydrogen) atoms. The summed E-state index contributed by atoms with van der Waals surface area (Å²) >= 11 is 0. The number of aliphatic hydroxyl groups is 1. The van der Waals surface area contributed by atoms with Crippen molar-refractivity contribution in [2.24, 2.45) is 5.92 Å². The van der Waals surface area contributed by atoms with Crippen LogP contribution in [0.5, 0.6) is 0 Å². The minimum absolute atomic E-state index is 0.104. The van der Waals surface area contributed by atoms with Gasteiger partial charge in [-0.25, -0.2) is 0 Å². The molecule has 1 aliphatic carbocycles. The molecule has 2 atom stereocenters. The van der Waals surface area contributed by atoms with Gasteiger partial charge in [-0.15, -0.1) is 0 Å². The van der Waals surface area contributed by atoms with E-state index in [9.17, 15) is 5.11 Å². The van der Waals surface area contributed by atoms with Crippen LogP contribution in [0, 0.1) is 5.92 Å². The third kappa shape index (κ3) is 3.70. The van der Waals surface area contributed by atoms with Crippen LogP contribution in [0.1, 0.15) is 37.3 Å². The van der Waals surface area contributed by atoms with E-state index in [1.807, 2.05) is 24.3 Å². The lowest BCUT2D eigenvalue weighted by molar-refractivity contribution is -0.182. The standard InChI is InChI=1S/C25H28O2Si/c1-2-3-13-21-19-20-12-10-11-18-24(20)25(21,26)27-28(22-14-6-4-7-15-22)23-16-8-5-9-17-23/h4-12,14-18,21,26,28H,2-3,13,19H2,1H3. The number of benzene rings is 3. The Hall–Kier alpha value is -2.20. The molecule has 1 N–H and O–H groups in total. The van der Waals surface area contributed by atoms with Crippen molar-refractivity contribution in [2.75, 3.05) is 0 Å². The summed E-state index contributed by atoms with van der Waals surface area (Å²) in [7, 11) is -2.05. The third-order valence-corrected chi connectivity index (χ3v) is 8.41. The first kappa shape index (κ1) is 19.1. The van der Waals surface area contributed by atoms with Gasteiger partial charge in [0.05, 0.1) is 0 Å². The molecule has 0 fully saturated rings. The molecule has 0 saturated heterocycles. The summed E-state index contributed by atoms with van der Waals surface area (Å²) in [5.74, 6) is -1.11. The lowest BCUT2D eigenvalue weighted by atomic mass is 9.94. The second-order valence-corrected chi connectivity index (χ2v) is 10.0. The first-order valence-electron chi connectivity index (χ1n) is 10.3. The van der Waals surface area contributed by atoms with Crippen molar-refractivity contribution in [1.29, 1.82) is 0 Å². The van der Waals surface area contributed by atoms with E-state index >= 15 is 0 Å². The first-order valence-corrected chi connectivity index (χ1v) is 11.9. The van der Waals surface area contributed by atoms with Crippen LogP contribution in [0.25, 0.3) is 0 Å². The lowest BCUT2D eigenvalue weighted by Crippen LogP contribution is -2.52. The molecule has 2 nitrogen and oxygen atoms in total. The highest BCUT2D eigenvalue weighted by atomic mass is 28.3. The van der Waals surface area contributed by atoms with Crippen LogP contribution in [0.4, 0.5) is 0 Å². The minimum Gasteiger partial charge on any atom is -0.380 e. The Labute approximate surface area is 169 Å². The van der Waals surface area contributed by atoms with Gasteiger partial charge in [0.2, 0.25) is 9.04 Å². The largest absolute Gasteiger partial charge is 0.380 e. The molecule has 0 saturated carbocycles. The molecule has 1 aliphatic rings. The maximum Gasteiger partial charge on any atom is 0.244 e. The van der Waals surface area contributed by atoms with Gasteiger partial charge in [0.15, 0.2) is 5.79 Å². The van der Waals surface area contributed by atoms with Gasteiger partial charge in [0, 0.05) is 11.5 Å². The zero-order valence-corrected chi connectivity index (χ0v) is 17.6. The van der Waals surface area contributed by atoms with Crippen molar-refractivity contribution < 1.29 is 9.53 Å². The number of rotatable bonds is 7. The average molecular weight is 389 g/mol. The summed E-state index contributed by atoms with van der Waals surface area (Å²) < 4.78 is 6.80. The van der Waals surface area contributed by atoms with E-state index in [4.69, 9.17) is 4.43 Å². The Morgan fingerprint density at radius 3 is 2.07 bits per heavy atom. The molecule has 0 heterocycles. The Balaban J connectivity index is 1.75. The number of hydrogen-bond acceptors (Lipinski definition) is 2. The Morgan fingerprint density at radius 1 is 0.893 bits per heavy atom. The molecule has 0 amide bonds. The van der Waals surface area contributed by atoms with Gasteiger partial charge in [0.1, 0.15) is 0 Å². The number of unbranched alkanes of at least 4 members (excludes halogenated alkanes) is 1. The van der Waals surface area contributed by atoms with Crippen LogP contribution in [-0.4, -0.2) is 14.1 Å². The molecule has 0 aromatic heterocycles. The molecular formula is C25H28O2Si. The fourth-order valence-electron chi connectivity index (χ4n) is 4.34. The van der Waals surface area contributed by atoms with Gasteiger partial charge < -0.3 is 9.53 Å². The van der Waals surface area contributed by atoms with Crippen molar-refractivity contribution in [3.05, 3.63) is 96.1 Å². The summed E-state index contributed by atoms with van der Waals surface area (Å²) in [6, 6.07) is 29.1. The Morgan fingerprint density at radius 2 is 1.46 bits per heavy atom. The van der Waals surface area contributed by atoms with Gasteiger partial charge in [-0.2, -0.15) is 0 Å². The van der Waals surface area contributed by atoms with Crippen LogP contribution >= 0.6 is 0 Å². The summed E-state index contributed by atoms with van der Waals surface area (Å²) in [5.41, 5.74) is 2.18. The third-order valence-electron chi connectivity index (χ3n) is 5.83. The van der Waals surface area contributed by atoms with Gasteiger partial charge >= 0.3 is 0 Å². The molecule has 0 spiro atoms. The molecule has 0 bridgehead atoms. The quantitative estimate of drug-likeness (QED) is 0.493. The van der Waals surface area contributed by atoms with E-state index in [1.54, 1.807) is 0 Å². The SMILES string of the molecule is CCCCC1Cc2ccccc2C1(O)O[SiH](c1ccccc1)c1ccccc1. The summed E-state index contributed by atoms with van der Waals surface area (Å²) in [4.78, 5) is 0. The van der Waals surface area contributed by atoms with Crippen LogP contribution in [0.15, 0.2) is 84.9 Å². The number of hydrogen-bond donors (Lipinski definition) is 1. The van der Waals surface area contributed by atoms with Gasteiger partial charge in [-0.05, 0) is 28.8 Å². The fourth-order valence-corrected chi connectivity index (χ4v) is 6.82. The molecule has 2 unspecified atom stereocenters. The van der Waals surface area contributed by atoms with Crippen LogP contribution in [0.3, 0.4) is 0 Å². The zero-order chi connectivity index (χ0) is 19.4. The van der Waals surface area contributed by atoms with E-state index < -0.39 is 14.8 Å². The first-order chi connectivity index (χ1) is 13.7. The Bertz CT molecular complexity index is 857. The molecule has 144 valence electrons. The predicted molar refractivity (Wildman–Crippen MR) is 117 cm³/mol. The molecular weight excluding hydrogens is 360 g/mol. The summed E-state index contributed by atoms with van der Waals surface area (Å²) in [6.45, 7) is 2.20. The zero-order valence-electron chi connectivity index (χ0n) is 16.4. The monoisotopic (exact) mass is 388 g/mol. The van der Waals surface area contributed by atoms with Crippen LogP contribution < -0.4 is 10.4 Å². The molecule has 0 radical (unpaired) electrons. The van der Waals surface area contributed by atoms with Crippen molar-refractivity contribution in [2.45, 2.75) is 38.4 Å². The van der Waals surface area contributed by atoms with Crippen LogP contribution in [-0.2, 0) is 16.6 Å². The van der Waals surface area contributed by atoms with E-state index in [0.29, 0.717) is 0 Å². The van der Waals surface area contributed by atoms with Crippen molar-refractivity contribution in [1.82, 2.24) is 0 Å². The van der Waals surface area contributed by atoms with E-state index in [-0.39, 0.29) is 5.92 Å². The number of fused-ring (bicyclic) bond motifs is 1. The van der Waals surface area contributed by atoms with Crippen molar-refractivity contribution in [3.8, 4) is 0 Å². The lowest BCUT2D eigenvalue weighted by Gasteiger charge is -2.35. The second kappa shape index (κ2) is 8.44. The molecule has 4 rings (SSSR count). The van der Waals surface area contributed by atoms with Crippen molar-refractivity contribution >= 4 is 19.4 Å². The van der Waals surface area contributed by atoms with E-state index in [1.165, 1.54) is 15.9 Å². The molecule has 3 aromatic rings. The normalized spacial score (nSPS) is 21.0. The fraction of sp³-hybridized carbons (Fsp3) is 0.280. The second-order valence-electron chi connectivity index (χ2n) is 7.72. The summed E-state index contributed by atoms with van der Waals surface area (Å²) in [5, 5.41) is 14.3. The topological polar surface area (TPSA) is 29.5 Å². The predicted octanol–water partition coefficient (Wildman–Crippen LogP) is 3.75. The van der Waals surface area contributed by atoms with Crippen molar-refractivity contribution in [3.63, 3.8) is 0 Å². The van der Waals surface area contributed by atoms with Gasteiger partial charge in [-0.3, -0.25) is 0 Å². The maximum absolute atomic E-state index is 11.9. The van der Waals surface area contributed by atoms with E-state index in [0.717, 1.165) is 31.2 Å². The minimum atomic E-state index is -2.05. The van der Waals surface area contributed by atoms with Crippen LogP contribution in [0.2, 0.25) is 0 Å². The average Bonchev–Trinajstić information content (AvgIpc) is 3.04. The highest BCUT2D eigenvalue weighted by Gasteiger charge is 2.47. The highest BCUT2D eigenvalue weighted by Crippen LogP contribution is 2.45. The smallest absolute Gasteiger partial charge is 0.244 e. The molecule has 3 heteroatoms.